The van der Waals surface area contributed by atoms with Crippen LogP contribution in [-0.2, 0) is 0 Å². The first-order chi connectivity index (χ1) is 7.09. The van der Waals surface area contributed by atoms with Gasteiger partial charge in [0, 0.05) is 17.6 Å². The zero-order valence-electron chi connectivity index (χ0n) is 8.09. The lowest BCUT2D eigenvalue weighted by Crippen LogP contribution is -2.33. The van der Waals surface area contributed by atoms with Crippen LogP contribution in [0.5, 0.6) is 0 Å². The molecule has 0 aliphatic rings. The minimum atomic E-state index is -0.529. The van der Waals surface area contributed by atoms with Crippen molar-refractivity contribution in [2.24, 2.45) is 5.73 Å². The van der Waals surface area contributed by atoms with Crippen molar-refractivity contribution < 1.29 is 4.79 Å². The third-order valence-electron chi connectivity index (χ3n) is 1.76. The summed E-state index contributed by atoms with van der Waals surface area (Å²) in [5.41, 5.74) is 12.1. The van der Waals surface area contributed by atoms with Crippen molar-refractivity contribution in [1.82, 2.24) is 5.32 Å². The maximum Gasteiger partial charge on any atom is 0.312 e. The van der Waals surface area contributed by atoms with Crippen LogP contribution in [0.3, 0.4) is 0 Å². The van der Waals surface area contributed by atoms with Gasteiger partial charge in [-0.15, -0.1) is 0 Å². The monoisotopic (exact) mass is 272 g/mol. The van der Waals surface area contributed by atoms with Crippen LogP contribution in [0, 0.1) is 0 Å². The van der Waals surface area contributed by atoms with Gasteiger partial charge in [0.2, 0.25) is 0 Å². The second-order valence-corrected chi connectivity index (χ2v) is 3.87. The lowest BCUT2D eigenvalue weighted by atomic mass is 10.3. The average Bonchev–Trinajstić information content (AvgIpc) is 2.17. The van der Waals surface area contributed by atoms with Gasteiger partial charge in [-0.2, -0.15) is 0 Å². The quantitative estimate of drug-likeness (QED) is 0.489. The normalized spacial score (nSPS) is 9.67. The predicted molar refractivity (Wildman–Crippen MR) is 64.6 cm³/mol. The van der Waals surface area contributed by atoms with E-state index in [1.807, 2.05) is 12.1 Å². The molecule has 1 aromatic rings. The number of hydrogen-bond donors (Lipinski definition) is 4. The molecule has 6 N–H and O–H groups in total. The topological polar surface area (TPSA) is 93.2 Å². The predicted octanol–water partition coefficient (Wildman–Crippen LogP) is 1.11. The van der Waals surface area contributed by atoms with Crippen LogP contribution in [0.25, 0.3) is 0 Å². The van der Waals surface area contributed by atoms with Gasteiger partial charge in [-0.3, -0.25) is 0 Å². The van der Waals surface area contributed by atoms with E-state index in [1.165, 1.54) is 0 Å². The van der Waals surface area contributed by atoms with E-state index < -0.39 is 6.03 Å². The van der Waals surface area contributed by atoms with Crippen LogP contribution in [0.4, 0.5) is 16.2 Å². The molecule has 82 valence electrons. The summed E-state index contributed by atoms with van der Waals surface area (Å²) in [6, 6.07) is 5.01. The molecule has 0 heterocycles. The summed E-state index contributed by atoms with van der Waals surface area (Å²) >= 11 is 3.34. The summed E-state index contributed by atoms with van der Waals surface area (Å²) in [6.07, 6.45) is 0. The minimum Gasteiger partial charge on any atom is -0.397 e. The fraction of sp³-hybridized carbons (Fsp3) is 0.222. The Kier molecular flexibility index (Phi) is 4.23. The number of urea groups is 1. The fourth-order valence-corrected chi connectivity index (χ4v) is 1.43. The molecule has 1 rings (SSSR count). The highest BCUT2D eigenvalue weighted by Gasteiger charge is 1.99. The van der Waals surface area contributed by atoms with E-state index in [9.17, 15) is 4.79 Å². The highest BCUT2D eigenvalue weighted by Crippen LogP contribution is 2.22. The molecule has 6 heteroatoms. The molecule has 2 amide bonds. The summed E-state index contributed by atoms with van der Waals surface area (Å²) < 4.78 is 0.946. The van der Waals surface area contributed by atoms with Gasteiger partial charge in [-0.05, 0) is 18.2 Å². The zero-order chi connectivity index (χ0) is 11.3. The van der Waals surface area contributed by atoms with E-state index in [0.29, 0.717) is 18.8 Å². The molecular formula is C9H13BrN4O. The van der Waals surface area contributed by atoms with Crippen molar-refractivity contribution in [1.29, 1.82) is 0 Å². The Labute approximate surface area is 96.3 Å². The summed E-state index contributed by atoms with van der Waals surface area (Å²) in [4.78, 5) is 10.4. The number of nitrogens with two attached hydrogens (primary N) is 2. The summed E-state index contributed by atoms with van der Waals surface area (Å²) in [5.74, 6) is 0. The molecular weight excluding hydrogens is 260 g/mol. The first kappa shape index (κ1) is 11.6. The van der Waals surface area contributed by atoms with Crippen molar-refractivity contribution in [2.75, 3.05) is 24.1 Å². The van der Waals surface area contributed by atoms with Gasteiger partial charge in [-0.1, -0.05) is 15.9 Å². The number of carbonyl (C=O) groups is 1. The minimum absolute atomic E-state index is 0.460. The smallest absolute Gasteiger partial charge is 0.312 e. The van der Waals surface area contributed by atoms with Gasteiger partial charge in [0.05, 0.1) is 11.4 Å². The largest absolute Gasteiger partial charge is 0.397 e. The number of rotatable bonds is 4. The molecule has 0 atom stereocenters. The average molecular weight is 273 g/mol. The molecule has 0 fully saturated rings. The van der Waals surface area contributed by atoms with Crippen molar-refractivity contribution in [3.8, 4) is 0 Å². The van der Waals surface area contributed by atoms with Crippen LogP contribution in [0.15, 0.2) is 22.7 Å². The number of benzene rings is 1. The summed E-state index contributed by atoms with van der Waals surface area (Å²) in [5, 5.41) is 5.56. The lowest BCUT2D eigenvalue weighted by Gasteiger charge is -2.09. The second kappa shape index (κ2) is 5.45. The maximum absolute atomic E-state index is 10.4. The number of nitrogen functional groups attached to an aromatic ring is 1. The third-order valence-corrected chi connectivity index (χ3v) is 2.25. The number of primary amides is 1. The number of nitrogens with one attached hydrogen (secondary N) is 2. The van der Waals surface area contributed by atoms with Gasteiger partial charge in [0.1, 0.15) is 0 Å². The number of halogens is 1. The molecule has 0 aromatic heterocycles. The van der Waals surface area contributed by atoms with E-state index in [4.69, 9.17) is 11.5 Å². The Hall–Kier alpha value is -1.43. The van der Waals surface area contributed by atoms with Crippen LogP contribution in [0.2, 0.25) is 0 Å². The van der Waals surface area contributed by atoms with Crippen molar-refractivity contribution in [2.45, 2.75) is 0 Å². The SMILES string of the molecule is NC(=O)NCCNc1cc(Br)ccc1N. The number of carbonyl (C=O) groups excluding carboxylic acids is 1. The van der Waals surface area contributed by atoms with Gasteiger partial charge >= 0.3 is 6.03 Å². The van der Waals surface area contributed by atoms with Gasteiger partial charge in [-0.25, -0.2) is 4.79 Å². The Morgan fingerprint density at radius 2 is 2.13 bits per heavy atom. The van der Waals surface area contributed by atoms with E-state index in [-0.39, 0.29) is 0 Å². The number of hydrogen-bond acceptors (Lipinski definition) is 3. The highest BCUT2D eigenvalue weighted by molar-refractivity contribution is 9.10. The van der Waals surface area contributed by atoms with Crippen molar-refractivity contribution >= 4 is 33.3 Å². The molecule has 0 saturated carbocycles. The maximum atomic E-state index is 10.4. The van der Waals surface area contributed by atoms with E-state index in [1.54, 1.807) is 6.07 Å². The van der Waals surface area contributed by atoms with Crippen molar-refractivity contribution in [3.05, 3.63) is 22.7 Å². The van der Waals surface area contributed by atoms with Crippen LogP contribution in [-0.4, -0.2) is 19.1 Å². The van der Waals surface area contributed by atoms with E-state index in [2.05, 4.69) is 26.6 Å². The van der Waals surface area contributed by atoms with Crippen LogP contribution >= 0.6 is 15.9 Å². The molecule has 0 radical (unpaired) electrons. The lowest BCUT2D eigenvalue weighted by molar-refractivity contribution is 0.249. The molecule has 0 aliphatic heterocycles. The first-order valence-corrected chi connectivity index (χ1v) is 5.21. The second-order valence-electron chi connectivity index (χ2n) is 2.95. The molecule has 5 nitrogen and oxygen atoms in total. The zero-order valence-corrected chi connectivity index (χ0v) is 9.67. The molecule has 0 saturated heterocycles. The Bertz CT molecular complexity index is 356. The van der Waals surface area contributed by atoms with Crippen molar-refractivity contribution in [3.63, 3.8) is 0 Å². The first-order valence-electron chi connectivity index (χ1n) is 4.42. The van der Waals surface area contributed by atoms with Gasteiger partial charge in [0.25, 0.3) is 0 Å². The highest BCUT2D eigenvalue weighted by atomic mass is 79.9. The molecule has 0 aliphatic carbocycles. The van der Waals surface area contributed by atoms with E-state index >= 15 is 0 Å². The molecule has 15 heavy (non-hydrogen) atoms. The number of amides is 2. The molecule has 0 bridgehead atoms. The Morgan fingerprint density at radius 3 is 2.80 bits per heavy atom. The number of anilines is 2. The standard InChI is InChI=1S/C9H13BrN4O/c10-6-1-2-7(11)8(5-6)13-3-4-14-9(12)15/h1-2,5,13H,3-4,11H2,(H3,12,14,15). The molecule has 0 spiro atoms. The van der Waals surface area contributed by atoms with Crippen LogP contribution < -0.4 is 22.1 Å². The summed E-state index contributed by atoms with van der Waals surface area (Å²) in [7, 11) is 0. The Balaban J connectivity index is 2.43. The summed E-state index contributed by atoms with van der Waals surface area (Å²) in [6.45, 7) is 1.03. The van der Waals surface area contributed by atoms with Crippen LogP contribution in [0.1, 0.15) is 0 Å². The molecule has 1 aromatic carbocycles. The van der Waals surface area contributed by atoms with Gasteiger partial charge in [0.15, 0.2) is 0 Å². The van der Waals surface area contributed by atoms with E-state index in [0.717, 1.165) is 10.2 Å². The third kappa shape index (κ3) is 4.07. The van der Waals surface area contributed by atoms with Gasteiger partial charge < -0.3 is 22.1 Å². The fourth-order valence-electron chi connectivity index (χ4n) is 1.06. The molecule has 0 unspecified atom stereocenters. The Morgan fingerprint density at radius 1 is 1.40 bits per heavy atom.